The van der Waals surface area contributed by atoms with E-state index in [0.29, 0.717) is 5.75 Å². The summed E-state index contributed by atoms with van der Waals surface area (Å²) in [6, 6.07) is 9.52. The monoisotopic (exact) mass is 277 g/mol. The van der Waals surface area contributed by atoms with Gasteiger partial charge in [0, 0.05) is 17.2 Å². The lowest BCUT2D eigenvalue weighted by molar-refractivity contribution is 0.292. The van der Waals surface area contributed by atoms with Gasteiger partial charge in [-0.2, -0.15) is 0 Å². The quantitative estimate of drug-likeness (QED) is 0.920. The molecule has 2 aromatic carbocycles. The number of aryl methyl sites for hydroxylation is 1. The van der Waals surface area contributed by atoms with Gasteiger partial charge in [0.25, 0.3) is 0 Å². The molecule has 0 spiro atoms. The number of halogens is 2. The van der Waals surface area contributed by atoms with Crippen LogP contribution < -0.4 is 10.5 Å². The second-order valence-electron chi connectivity index (χ2n) is 4.83. The van der Waals surface area contributed by atoms with E-state index in [0.717, 1.165) is 17.2 Å². The molecule has 2 rings (SSSR count). The van der Waals surface area contributed by atoms with Crippen LogP contribution in [0.25, 0.3) is 0 Å². The average Bonchev–Trinajstić information content (AvgIpc) is 2.40. The third kappa shape index (κ3) is 3.14. The summed E-state index contributed by atoms with van der Waals surface area (Å²) in [4.78, 5) is 0. The zero-order valence-electron chi connectivity index (χ0n) is 11.5. The molecule has 106 valence electrons. The van der Waals surface area contributed by atoms with Gasteiger partial charge >= 0.3 is 0 Å². The topological polar surface area (TPSA) is 35.2 Å². The molecule has 2 aromatic rings. The molecule has 2 nitrogen and oxygen atoms in total. The molecule has 0 radical (unpaired) electrons. The summed E-state index contributed by atoms with van der Waals surface area (Å²) in [6.07, 6.45) is 0. The first-order valence-corrected chi connectivity index (χ1v) is 6.41. The third-order valence-electron chi connectivity index (χ3n) is 3.07. The second-order valence-corrected chi connectivity index (χ2v) is 4.83. The normalized spacial score (nSPS) is 12.2. The number of benzene rings is 2. The van der Waals surface area contributed by atoms with Crippen LogP contribution in [0.5, 0.6) is 5.75 Å². The van der Waals surface area contributed by atoms with Crippen LogP contribution in [0.15, 0.2) is 36.4 Å². The third-order valence-corrected chi connectivity index (χ3v) is 3.07. The number of rotatable bonds is 4. The summed E-state index contributed by atoms with van der Waals surface area (Å²) in [6.45, 7) is 3.74. The fraction of sp³-hybridized carbons (Fsp3) is 0.250. The summed E-state index contributed by atoms with van der Waals surface area (Å²) in [7, 11) is 0. The van der Waals surface area contributed by atoms with Gasteiger partial charge in [0.1, 0.15) is 12.4 Å². The highest BCUT2D eigenvalue weighted by atomic mass is 19.2. The highest BCUT2D eigenvalue weighted by Crippen LogP contribution is 2.26. The van der Waals surface area contributed by atoms with E-state index in [1.165, 1.54) is 12.1 Å². The van der Waals surface area contributed by atoms with E-state index < -0.39 is 11.6 Å². The first-order chi connectivity index (χ1) is 9.49. The highest BCUT2D eigenvalue weighted by Gasteiger charge is 2.11. The van der Waals surface area contributed by atoms with E-state index in [-0.39, 0.29) is 18.2 Å². The zero-order valence-corrected chi connectivity index (χ0v) is 11.5. The molecule has 0 fully saturated rings. The fourth-order valence-electron chi connectivity index (χ4n) is 1.96. The molecular formula is C16H17F2NO. The zero-order chi connectivity index (χ0) is 14.7. The molecule has 0 aromatic heterocycles. The molecule has 0 saturated heterocycles. The van der Waals surface area contributed by atoms with E-state index in [2.05, 4.69) is 0 Å². The maximum atomic E-state index is 13.6. The molecule has 4 heteroatoms. The van der Waals surface area contributed by atoms with Gasteiger partial charge < -0.3 is 10.5 Å². The molecule has 0 saturated carbocycles. The predicted octanol–water partition coefficient (Wildman–Crippen LogP) is 3.87. The molecule has 0 heterocycles. The highest BCUT2D eigenvalue weighted by molar-refractivity contribution is 5.39. The van der Waals surface area contributed by atoms with Crippen LogP contribution in [0.3, 0.4) is 0 Å². The number of hydrogen-bond acceptors (Lipinski definition) is 2. The van der Waals surface area contributed by atoms with Crippen molar-refractivity contribution in [3.63, 3.8) is 0 Å². The summed E-state index contributed by atoms with van der Waals surface area (Å²) < 4.78 is 32.3. The Bertz CT molecular complexity index is 611. The molecule has 0 unspecified atom stereocenters. The van der Waals surface area contributed by atoms with Gasteiger partial charge in [0.2, 0.25) is 0 Å². The Labute approximate surface area is 117 Å². The molecule has 0 aliphatic heterocycles. The van der Waals surface area contributed by atoms with Crippen molar-refractivity contribution < 1.29 is 13.5 Å². The van der Waals surface area contributed by atoms with Gasteiger partial charge in [-0.05, 0) is 31.5 Å². The fourth-order valence-corrected chi connectivity index (χ4v) is 1.96. The second kappa shape index (κ2) is 6.01. The number of hydrogen-bond donors (Lipinski definition) is 1. The predicted molar refractivity (Wildman–Crippen MR) is 74.5 cm³/mol. The molecule has 0 bridgehead atoms. The van der Waals surface area contributed by atoms with Crippen LogP contribution in [0.4, 0.5) is 8.78 Å². The van der Waals surface area contributed by atoms with Crippen molar-refractivity contribution in [1.29, 1.82) is 0 Å². The number of ether oxygens (including phenoxy) is 1. The minimum absolute atomic E-state index is 0.0350. The maximum Gasteiger partial charge on any atom is 0.165 e. The largest absolute Gasteiger partial charge is 0.488 e. The molecule has 2 N–H and O–H groups in total. The van der Waals surface area contributed by atoms with E-state index in [9.17, 15) is 8.78 Å². The van der Waals surface area contributed by atoms with Crippen LogP contribution in [0.2, 0.25) is 0 Å². The van der Waals surface area contributed by atoms with Crippen LogP contribution in [0.1, 0.15) is 29.7 Å². The lowest BCUT2D eigenvalue weighted by atomic mass is 10.1. The van der Waals surface area contributed by atoms with Gasteiger partial charge in [-0.3, -0.25) is 0 Å². The van der Waals surface area contributed by atoms with Crippen LogP contribution >= 0.6 is 0 Å². The Morgan fingerprint density at radius 1 is 1.20 bits per heavy atom. The minimum Gasteiger partial charge on any atom is -0.488 e. The summed E-state index contributed by atoms with van der Waals surface area (Å²) in [5.74, 6) is -1.14. The standard InChI is InChI=1S/C16H17F2NO/c1-10-6-7-13(11(2)19)15(8-10)20-9-12-4-3-5-14(17)16(12)18/h3-8,11H,9,19H2,1-2H3/t11-/m1/s1. The lowest BCUT2D eigenvalue weighted by Gasteiger charge is -2.15. The van der Waals surface area contributed by atoms with Crippen molar-refractivity contribution in [1.82, 2.24) is 0 Å². The average molecular weight is 277 g/mol. The van der Waals surface area contributed by atoms with Crippen molar-refractivity contribution in [2.24, 2.45) is 5.73 Å². The van der Waals surface area contributed by atoms with Crippen LogP contribution in [0, 0.1) is 18.6 Å². The van der Waals surface area contributed by atoms with Crippen molar-refractivity contribution in [3.05, 3.63) is 64.7 Å². The van der Waals surface area contributed by atoms with Gasteiger partial charge in [0.05, 0.1) is 0 Å². The Morgan fingerprint density at radius 3 is 2.65 bits per heavy atom. The van der Waals surface area contributed by atoms with Gasteiger partial charge in [-0.15, -0.1) is 0 Å². The first kappa shape index (κ1) is 14.5. The lowest BCUT2D eigenvalue weighted by Crippen LogP contribution is -2.09. The molecule has 20 heavy (non-hydrogen) atoms. The van der Waals surface area contributed by atoms with E-state index >= 15 is 0 Å². The van der Waals surface area contributed by atoms with Gasteiger partial charge in [-0.25, -0.2) is 8.78 Å². The summed E-state index contributed by atoms with van der Waals surface area (Å²) in [5.41, 5.74) is 7.91. The van der Waals surface area contributed by atoms with Crippen molar-refractivity contribution >= 4 is 0 Å². The minimum atomic E-state index is -0.873. The van der Waals surface area contributed by atoms with Crippen molar-refractivity contribution in [3.8, 4) is 5.75 Å². The van der Waals surface area contributed by atoms with E-state index in [4.69, 9.17) is 10.5 Å². The van der Waals surface area contributed by atoms with Gasteiger partial charge in [0.15, 0.2) is 11.6 Å². The number of nitrogens with two attached hydrogens (primary N) is 1. The SMILES string of the molecule is Cc1ccc([C@@H](C)N)c(OCc2cccc(F)c2F)c1. The van der Waals surface area contributed by atoms with E-state index in [1.54, 1.807) is 0 Å². The van der Waals surface area contributed by atoms with Crippen molar-refractivity contribution in [2.75, 3.05) is 0 Å². The summed E-state index contributed by atoms with van der Waals surface area (Å²) >= 11 is 0. The Kier molecular flexibility index (Phi) is 4.35. The molecular weight excluding hydrogens is 260 g/mol. The molecule has 0 amide bonds. The first-order valence-electron chi connectivity index (χ1n) is 6.41. The van der Waals surface area contributed by atoms with E-state index in [1.807, 2.05) is 32.0 Å². The van der Waals surface area contributed by atoms with Crippen molar-refractivity contribution in [2.45, 2.75) is 26.5 Å². The maximum absolute atomic E-state index is 13.6. The Balaban J connectivity index is 2.22. The van der Waals surface area contributed by atoms with Gasteiger partial charge in [-0.1, -0.05) is 24.3 Å². The molecule has 0 aliphatic carbocycles. The van der Waals surface area contributed by atoms with Crippen LogP contribution in [-0.2, 0) is 6.61 Å². The molecule has 0 aliphatic rings. The Morgan fingerprint density at radius 2 is 1.95 bits per heavy atom. The molecule has 1 atom stereocenters. The smallest absolute Gasteiger partial charge is 0.165 e. The van der Waals surface area contributed by atoms with Crippen LogP contribution in [-0.4, -0.2) is 0 Å². The summed E-state index contributed by atoms with van der Waals surface area (Å²) in [5, 5.41) is 0. The Hall–Kier alpha value is -1.94.